The summed E-state index contributed by atoms with van der Waals surface area (Å²) in [5, 5.41) is 11.8. The normalized spacial score (nSPS) is 11.9. The SMILES string of the molecule is CNc1nc2c(S(=O)(=O)c3cccc(Cl)c3)nnn2c2ccccc12. The molecule has 126 valence electrons. The second kappa shape index (κ2) is 5.68. The number of rotatable bonds is 3. The molecule has 0 radical (unpaired) electrons. The fraction of sp³-hybridized carbons (Fsp3) is 0.0625. The summed E-state index contributed by atoms with van der Waals surface area (Å²) < 4.78 is 27.3. The lowest BCUT2D eigenvalue weighted by atomic mass is 10.2. The maximum absolute atomic E-state index is 13.0. The van der Waals surface area contributed by atoms with Crippen LogP contribution in [0.15, 0.2) is 58.5 Å². The van der Waals surface area contributed by atoms with E-state index in [1.165, 1.54) is 16.6 Å². The molecule has 0 bridgehead atoms. The van der Waals surface area contributed by atoms with E-state index < -0.39 is 9.84 Å². The summed E-state index contributed by atoms with van der Waals surface area (Å²) in [6.45, 7) is 0. The van der Waals surface area contributed by atoms with Crippen LogP contribution in [0.2, 0.25) is 5.02 Å². The van der Waals surface area contributed by atoms with Gasteiger partial charge >= 0.3 is 0 Å². The largest absolute Gasteiger partial charge is 0.373 e. The highest BCUT2D eigenvalue weighted by Crippen LogP contribution is 2.28. The smallest absolute Gasteiger partial charge is 0.229 e. The first-order chi connectivity index (χ1) is 12.0. The Morgan fingerprint density at radius 3 is 2.68 bits per heavy atom. The first-order valence-corrected chi connectivity index (χ1v) is 9.21. The molecule has 0 aliphatic rings. The van der Waals surface area contributed by atoms with E-state index in [1.807, 2.05) is 24.3 Å². The van der Waals surface area contributed by atoms with Crippen molar-refractivity contribution in [3.63, 3.8) is 0 Å². The quantitative estimate of drug-likeness (QED) is 0.594. The van der Waals surface area contributed by atoms with Crippen LogP contribution in [0, 0.1) is 0 Å². The molecular formula is C16H12ClN5O2S. The Balaban J connectivity index is 2.05. The number of anilines is 1. The molecule has 0 aliphatic carbocycles. The van der Waals surface area contributed by atoms with Gasteiger partial charge in [-0.1, -0.05) is 35.0 Å². The Labute approximate surface area is 148 Å². The van der Waals surface area contributed by atoms with Crippen molar-refractivity contribution in [3.8, 4) is 0 Å². The topological polar surface area (TPSA) is 89.2 Å². The molecule has 1 N–H and O–H groups in total. The van der Waals surface area contributed by atoms with E-state index in [4.69, 9.17) is 11.6 Å². The molecule has 2 heterocycles. The third-order valence-corrected chi connectivity index (χ3v) is 5.70. The number of para-hydroxylation sites is 1. The van der Waals surface area contributed by atoms with Crippen molar-refractivity contribution in [1.29, 1.82) is 0 Å². The predicted molar refractivity (Wildman–Crippen MR) is 94.7 cm³/mol. The number of benzene rings is 2. The highest BCUT2D eigenvalue weighted by Gasteiger charge is 2.27. The molecule has 9 heteroatoms. The lowest BCUT2D eigenvalue weighted by Gasteiger charge is -2.07. The maximum atomic E-state index is 13.0. The van der Waals surface area contributed by atoms with Gasteiger partial charge in [-0.3, -0.25) is 0 Å². The molecule has 25 heavy (non-hydrogen) atoms. The van der Waals surface area contributed by atoms with Crippen LogP contribution < -0.4 is 5.32 Å². The lowest BCUT2D eigenvalue weighted by Crippen LogP contribution is -2.05. The van der Waals surface area contributed by atoms with Crippen LogP contribution in [0.25, 0.3) is 16.6 Å². The maximum Gasteiger partial charge on any atom is 0.229 e. The van der Waals surface area contributed by atoms with E-state index in [0.717, 1.165) is 5.39 Å². The summed E-state index contributed by atoms with van der Waals surface area (Å²) in [7, 11) is -2.19. The minimum atomic E-state index is -3.91. The summed E-state index contributed by atoms with van der Waals surface area (Å²) in [6, 6.07) is 13.4. The summed E-state index contributed by atoms with van der Waals surface area (Å²) in [5.41, 5.74) is 0.861. The van der Waals surface area contributed by atoms with Gasteiger partial charge in [0.2, 0.25) is 14.9 Å². The Kier molecular flexibility index (Phi) is 3.59. The second-order valence-electron chi connectivity index (χ2n) is 5.32. The minimum Gasteiger partial charge on any atom is -0.373 e. The monoisotopic (exact) mass is 373 g/mol. The fourth-order valence-electron chi connectivity index (χ4n) is 2.66. The lowest BCUT2D eigenvalue weighted by molar-refractivity contribution is 0.592. The van der Waals surface area contributed by atoms with E-state index >= 15 is 0 Å². The number of nitrogens with one attached hydrogen (secondary N) is 1. The molecule has 2 aromatic heterocycles. The first-order valence-electron chi connectivity index (χ1n) is 7.35. The van der Waals surface area contributed by atoms with Crippen LogP contribution >= 0.6 is 11.6 Å². The van der Waals surface area contributed by atoms with Gasteiger partial charge in [-0.15, -0.1) is 5.10 Å². The van der Waals surface area contributed by atoms with Crippen molar-refractivity contribution in [2.75, 3.05) is 12.4 Å². The third-order valence-electron chi connectivity index (χ3n) is 3.82. The van der Waals surface area contributed by atoms with Gasteiger partial charge < -0.3 is 5.32 Å². The molecule has 0 unspecified atom stereocenters. The van der Waals surface area contributed by atoms with E-state index in [2.05, 4.69) is 20.6 Å². The van der Waals surface area contributed by atoms with E-state index in [-0.39, 0.29) is 15.6 Å². The van der Waals surface area contributed by atoms with Gasteiger partial charge in [-0.2, -0.15) is 4.52 Å². The Morgan fingerprint density at radius 2 is 1.92 bits per heavy atom. The molecule has 2 aromatic carbocycles. The van der Waals surface area contributed by atoms with Crippen molar-refractivity contribution in [2.24, 2.45) is 0 Å². The number of nitrogens with zero attached hydrogens (tertiary/aromatic N) is 4. The van der Waals surface area contributed by atoms with E-state index in [9.17, 15) is 8.42 Å². The van der Waals surface area contributed by atoms with Crippen LogP contribution in [-0.4, -0.2) is 35.3 Å². The average Bonchev–Trinajstić information content (AvgIpc) is 3.06. The average molecular weight is 374 g/mol. The van der Waals surface area contributed by atoms with Crippen LogP contribution in [0.4, 0.5) is 5.82 Å². The van der Waals surface area contributed by atoms with Gasteiger partial charge in [0.15, 0.2) is 5.65 Å². The number of sulfone groups is 1. The van der Waals surface area contributed by atoms with Crippen LogP contribution in [0.3, 0.4) is 0 Å². The highest BCUT2D eigenvalue weighted by atomic mass is 35.5. The van der Waals surface area contributed by atoms with Crippen molar-refractivity contribution in [2.45, 2.75) is 9.92 Å². The van der Waals surface area contributed by atoms with Crippen LogP contribution in [0.1, 0.15) is 0 Å². The molecular weight excluding hydrogens is 362 g/mol. The van der Waals surface area contributed by atoms with E-state index in [0.29, 0.717) is 16.4 Å². The zero-order valence-corrected chi connectivity index (χ0v) is 14.6. The Bertz CT molecular complexity index is 1220. The van der Waals surface area contributed by atoms with Gasteiger partial charge in [0.25, 0.3) is 0 Å². The predicted octanol–water partition coefficient (Wildman–Crippen LogP) is 2.81. The van der Waals surface area contributed by atoms with Crippen LogP contribution in [-0.2, 0) is 9.84 Å². The van der Waals surface area contributed by atoms with Gasteiger partial charge in [0.1, 0.15) is 5.82 Å². The van der Waals surface area contributed by atoms with Gasteiger partial charge in [-0.05, 0) is 30.3 Å². The Hall–Kier alpha value is -2.71. The summed E-state index contributed by atoms with van der Waals surface area (Å²) in [4.78, 5) is 4.46. The van der Waals surface area contributed by atoms with Gasteiger partial charge in [0.05, 0.1) is 10.4 Å². The second-order valence-corrected chi connectivity index (χ2v) is 7.62. The molecule has 7 nitrogen and oxygen atoms in total. The van der Waals surface area contributed by atoms with Gasteiger partial charge in [-0.25, -0.2) is 13.4 Å². The zero-order valence-electron chi connectivity index (χ0n) is 13.0. The number of hydrogen-bond donors (Lipinski definition) is 1. The minimum absolute atomic E-state index is 0.0448. The zero-order chi connectivity index (χ0) is 17.6. The molecule has 0 saturated heterocycles. The highest BCUT2D eigenvalue weighted by molar-refractivity contribution is 7.91. The fourth-order valence-corrected chi connectivity index (χ4v) is 4.19. The summed E-state index contributed by atoms with van der Waals surface area (Å²) in [5.74, 6) is 0.549. The van der Waals surface area contributed by atoms with Crippen molar-refractivity contribution >= 4 is 43.8 Å². The first kappa shape index (κ1) is 15.8. The van der Waals surface area contributed by atoms with Crippen molar-refractivity contribution in [3.05, 3.63) is 53.6 Å². The molecule has 0 saturated carbocycles. The standard InChI is InChI=1S/C16H12ClN5O2S/c1-18-14-12-7-2-3-8-13(12)22-15(19-14)16(20-21-22)25(23,24)11-6-4-5-10(17)9-11/h2-9H,1H3,(H,18,19). The molecule has 0 atom stereocenters. The van der Waals surface area contributed by atoms with Gasteiger partial charge in [0, 0.05) is 17.5 Å². The number of fused-ring (bicyclic) bond motifs is 3. The van der Waals surface area contributed by atoms with E-state index in [1.54, 1.807) is 19.2 Å². The number of hydrogen-bond acceptors (Lipinski definition) is 6. The molecule has 4 rings (SSSR count). The molecule has 0 amide bonds. The summed E-state index contributed by atoms with van der Waals surface area (Å²) in [6.07, 6.45) is 0. The molecule has 0 fully saturated rings. The molecule has 0 spiro atoms. The number of aromatic nitrogens is 4. The Morgan fingerprint density at radius 1 is 1.12 bits per heavy atom. The molecule has 4 aromatic rings. The molecule has 0 aliphatic heterocycles. The van der Waals surface area contributed by atoms with Crippen molar-refractivity contribution < 1.29 is 8.42 Å². The van der Waals surface area contributed by atoms with Crippen LogP contribution in [0.5, 0.6) is 0 Å². The number of halogens is 1. The summed E-state index contributed by atoms with van der Waals surface area (Å²) >= 11 is 5.93. The van der Waals surface area contributed by atoms with Crippen molar-refractivity contribution in [1.82, 2.24) is 19.8 Å². The third kappa shape index (κ3) is 2.41.